The molecular formula is C7H13AsO4. The van der Waals surface area contributed by atoms with E-state index in [9.17, 15) is 9.59 Å². The third-order valence-corrected chi connectivity index (χ3v) is 4.88. The van der Waals surface area contributed by atoms with E-state index >= 15 is 0 Å². The van der Waals surface area contributed by atoms with Gasteiger partial charge in [-0.05, 0) is 0 Å². The van der Waals surface area contributed by atoms with E-state index in [0.29, 0.717) is 0 Å². The number of hydrogen-bond donors (Lipinski definition) is 1. The summed E-state index contributed by atoms with van der Waals surface area (Å²) in [6, 6.07) is 0. The van der Waals surface area contributed by atoms with Crippen molar-refractivity contribution >= 4 is 26.5 Å². The minimum atomic E-state index is -1.18. The van der Waals surface area contributed by atoms with Crippen LogP contribution in [0.4, 0.5) is 4.79 Å². The summed E-state index contributed by atoms with van der Waals surface area (Å²) in [6.45, 7) is 3.59. The molecule has 1 unspecified atom stereocenters. The maximum atomic E-state index is 10.8. The summed E-state index contributed by atoms with van der Waals surface area (Å²) in [5, 5.41) is 8.71. The number of carbonyl (C=O) groups excluding carboxylic acids is 1. The third kappa shape index (κ3) is 3.76. The van der Waals surface area contributed by atoms with E-state index in [4.69, 9.17) is 5.11 Å². The quantitative estimate of drug-likeness (QED) is 0.730. The standard InChI is InChI=1S/C7H13AsO4/c1-4(2)5(6(9)10)8-7(11)12-3/h4-5,8H,1-3H3,(H,9,10)/t5-/m0/s1. The van der Waals surface area contributed by atoms with Gasteiger partial charge < -0.3 is 0 Å². The van der Waals surface area contributed by atoms with Gasteiger partial charge in [-0.15, -0.1) is 0 Å². The van der Waals surface area contributed by atoms with Crippen LogP contribution in [0.25, 0.3) is 0 Å². The fourth-order valence-electron chi connectivity index (χ4n) is 0.699. The van der Waals surface area contributed by atoms with Crippen molar-refractivity contribution < 1.29 is 19.4 Å². The number of carbonyl (C=O) groups is 2. The van der Waals surface area contributed by atoms with Gasteiger partial charge in [-0.1, -0.05) is 0 Å². The first kappa shape index (κ1) is 11.5. The number of aliphatic carboxylic acids is 1. The number of carboxylic acids is 1. The molecule has 0 aromatic rings. The number of hydrogen-bond acceptors (Lipinski definition) is 3. The molecule has 0 aromatic heterocycles. The monoisotopic (exact) mass is 236 g/mol. The summed E-state index contributed by atoms with van der Waals surface area (Å²) in [5.74, 6) is -0.892. The van der Waals surface area contributed by atoms with Crippen molar-refractivity contribution in [3.8, 4) is 0 Å². The van der Waals surface area contributed by atoms with Crippen molar-refractivity contribution in [1.82, 2.24) is 0 Å². The maximum absolute atomic E-state index is 10.8. The Morgan fingerprint density at radius 3 is 2.17 bits per heavy atom. The molecule has 0 bridgehead atoms. The average Bonchev–Trinajstić information content (AvgIpc) is 1.98. The normalized spacial score (nSPS) is 13.7. The van der Waals surface area contributed by atoms with Crippen LogP contribution in [-0.2, 0) is 9.53 Å². The van der Waals surface area contributed by atoms with Gasteiger partial charge in [0.1, 0.15) is 0 Å². The zero-order chi connectivity index (χ0) is 9.72. The van der Waals surface area contributed by atoms with Crippen molar-refractivity contribution in [3.63, 3.8) is 0 Å². The Labute approximate surface area is 78.0 Å². The molecule has 0 spiro atoms. The molecule has 5 heteroatoms. The van der Waals surface area contributed by atoms with Gasteiger partial charge in [-0.3, -0.25) is 0 Å². The first-order chi connectivity index (χ1) is 5.49. The van der Waals surface area contributed by atoms with E-state index in [-0.39, 0.29) is 10.7 Å². The van der Waals surface area contributed by atoms with E-state index in [1.165, 1.54) is 7.11 Å². The molecule has 12 heavy (non-hydrogen) atoms. The molecule has 0 saturated heterocycles. The molecule has 0 fully saturated rings. The topological polar surface area (TPSA) is 63.6 Å². The molecule has 0 amide bonds. The predicted octanol–water partition coefficient (Wildman–Crippen LogP) is 0.718. The van der Waals surface area contributed by atoms with Gasteiger partial charge in [-0.25, -0.2) is 0 Å². The molecule has 0 aliphatic rings. The Morgan fingerprint density at radius 1 is 1.42 bits per heavy atom. The molecule has 0 aliphatic carbocycles. The van der Waals surface area contributed by atoms with Gasteiger partial charge in [0.25, 0.3) is 0 Å². The summed E-state index contributed by atoms with van der Waals surface area (Å²) >= 11 is -1.18. The zero-order valence-corrected chi connectivity index (χ0v) is 9.42. The molecule has 0 rings (SSSR count). The molecule has 70 valence electrons. The number of ether oxygens (including phenoxy) is 1. The molecule has 0 radical (unpaired) electrons. The summed E-state index contributed by atoms with van der Waals surface area (Å²) in [7, 11) is 1.28. The second kappa shape index (κ2) is 5.20. The van der Waals surface area contributed by atoms with E-state index < -0.39 is 26.4 Å². The van der Waals surface area contributed by atoms with Crippen LogP contribution in [0.1, 0.15) is 13.8 Å². The van der Waals surface area contributed by atoms with Crippen molar-refractivity contribution in [2.45, 2.75) is 18.6 Å². The second-order valence-electron chi connectivity index (χ2n) is 2.70. The first-order valence-corrected chi connectivity index (χ1v) is 5.82. The molecule has 0 heterocycles. The van der Waals surface area contributed by atoms with Crippen LogP contribution in [-0.4, -0.2) is 38.7 Å². The van der Waals surface area contributed by atoms with E-state index in [0.717, 1.165) is 0 Å². The Hall–Kier alpha value is -0.502. The van der Waals surface area contributed by atoms with Crippen molar-refractivity contribution in [3.05, 3.63) is 0 Å². The number of methoxy groups -OCH3 is 1. The zero-order valence-electron chi connectivity index (χ0n) is 7.33. The van der Waals surface area contributed by atoms with E-state index in [1.54, 1.807) is 13.8 Å². The third-order valence-electron chi connectivity index (χ3n) is 1.39. The fraction of sp³-hybridized carbons (Fsp3) is 0.714. The Morgan fingerprint density at radius 2 is 1.92 bits per heavy atom. The van der Waals surface area contributed by atoms with Gasteiger partial charge in [0, 0.05) is 0 Å². The van der Waals surface area contributed by atoms with Crippen LogP contribution in [0.3, 0.4) is 0 Å². The van der Waals surface area contributed by atoms with Crippen LogP contribution in [0.5, 0.6) is 0 Å². The van der Waals surface area contributed by atoms with E-state index in [1.807, 2.05) is 0 Å². The van der Waals surface area contributed by atoms with Crippen LogP contribution in [0.2, 0.25) is 4.71 Å². The molecule has 0 aromatic carbocycles. The molecule has 4 nitrogen and oxygen atoms in total. The number of rotatable bonds is 4. The average molecular weight is 236 g/mol. The summed E-state index contributed by atoms with van der Waals surface area (Å²) < 4.78 is 3.57. The van der Waals surface area contributed by atoms with Crippen molar-refractivity contribution in [1.29, 1.82) is 0 Å². The van der Waals surface area contributed by atoms with Gasteiger partial charge in [0.15, 0.2) is 0 Å². The van der Waals surface area contributed by atoms with E-state index in [2.05, 4.69) is 4.74 Å². The Balaban J connectivity index is 4.14. The van der Waals surface area contributed by atoms with Crippen molar-refractivity contribution in [2.75, 3.05) is 7.11 Å². The Kier molecular flexibility index (Phi) is 4.98. The minimum absolute atomic E-state index is 0.00148. The summed E-state index contributed by atoms with van der Waals surface area (Å²) in [6.07, 6.45) is 0. The molecule has 0 saturated carbocycles. The molecule has 1 N–H and O–H groups in total. The van der Waals surface area contributed by atoms with Crippen LogP contribution in [0, 0.1) is 5.92 Å². The van der Waals surface area contributed by atoms with Crippen LogP contribution >= 0.6 is 0 Å². The summed E-state index contributed by atoms with van der Waals surface area (Å²) in [4.78, 5) is 21.4. The molecular weight excluding hydrogens is 223 g/mol. The van der Waals surface area contributed by atoms with Crippen LogP contribution < -0.4 is 0 Å². The fourth-order valence-corrected chi connectivity index (χ4v) is 2.44. The SMILES string of the molecule is COC(=O)[AsH][C@H](C(=O)O)C(C)C. The predicted molar refractivity (Wildman–Crippen MR) is 45.8 cm³/mol. The number of carboxylic acid groups (broad SMARTS) is 1. The summed E-state index contributed by atoms with van der Waals surface area (Å²) in [5.41, 5.74) is 0. The van der Waals surface area contributed by atoms with Crippen LogP contribution in [0.15, 0.2) is 0 Å². The van der Waals surface area contributed by atoms with Crippen molar-refractivity contribution in [2.24, 2.45) is 5.92 Å². The van der Waals surface area contributed by atoms with Gasteiger partial charge in [-0.2, -0.15) is 0 Å². The Bertz CT molecular complexity index is 178. The molecule has 0 aliphatic heterocycles. The second-order valence-corrected chi connectivity index (χ2v) is 5.46. The molecule has 2 atom stereocenters. The first-order valence-electron chi connectivity index (χ1n) is 3.56. The van der Waals surface area contributed by atoms with Gasteiger partial charge in [0.05, 0.1) is 0 Å². The van der Waals surface area contributed by atoms with Gasteiger partial charge >= 0.3 is 77.5 Å². The van der Waals surface area contributed by atoms with Gasteiger partial charge in [0.2, 0.25) is 0 Å².